The maximum atomic E-state index is 14.5. The van der Waals surface area contributed by atoms with Crippen molar-refractivity contribution in [1.82, 2.24) is 10.2 Å². The van der Waals surface area contributed by atoms with E-state index in [1.807, 2.05) is 48.5 Å². The number of piperidine rings is 1. The number of fused-ring (bicyclic) bond motifs is 2. The Bertz CT molecular complexity index is 1190. The Morgan fingerprint density at radius 2 is 1.80 bits per heavy atom. The lowest BCUT2D eigenvalue weighted by molar-refractivity contribution is -0.122. The van der Waals surface area contributed by atoms with E-state index in [-0.39, 0.29) is 18.1 Å². The second kappa shape index (κ2) is 9.80. The fourth-order valence-electron chi connectivity index (χ4n) is 5.73. The van der Waals surface area contributed by atoms with Crippen LogP contribution in [0.15, 0.2) is 72.8 Å². The van der Waals surface area contributed by atoms with Gasteiger partial charge in [0.1, 0.15) is 11.6 Å². The Kier molecular flexibility index (Phi) is 6.58. The Morgan fingerprint density at radius 3 is 2.51 bits per heavy atom. The molecule has 1 heterocycles. The summed E-state index contributed by atoms with van der Waals surface area (Å²) in [4.78, 5) is 15.1. The molecule has 1 spiro atoms. The molecule has 2 N–H and O–H groups in total. The van der Waals surface area contributed by atoms with Crippen molar-refractivity contribution in [2.24, 2.45) is 0 Å². The van der Waals surface area contributed by atoms with Gasteiger partial charge in [0.2, 0.25) is 5.91 Å². The largest absolute Gasteiger partial charge is 0.497 e. The van der Waals surface area contributed by atoms with Crippen LogP contribution in [0.2, 0.25) is 0 Å². The van der Waals surface area contributed by atoms with E-state index >= 15 is 0 Å². The molecule has 0 radical (unpaired) electrons. The van der Waals surface area contributed by atoms with Gasteiger partial charge in [-0.25, -0.2) is 4.39 Å². The summed E-state index contributed by atoms with van der Waals surface area (Å²) >= 11 is 0. The zero-order valence-electron chi connectivity index (χ0n) is 19.9. The van der Waals surface area contributed by atoms with Gasteiger partial charge >= 0.3 is 0 Å². The summed E-state index contributed by atoms with van der Waals surface area (Å²) in [6.45, 7) is 1.99. The van der Waals surface area contributed by atoms with E-state index < -0.39 is 17.6 Å². The van der Waals surface area contributed by atoms with E-state index in [0.717, 1.165) is 42.6 Å². The first-order valence-corrected chi connectivity index (χ1v) is 12.2. The van der Waals surface area contributed by atoms with Crippen molar-refractivity contribution in [2.45, 2.75) is 43.4 Å². The Balaban J connectivity index is 1.30. The lowest BCUT2D eigenvalue weighted by Gasteiger charge is -2.43. The quantitative estimate of drug-likeness (QED) is 0.564. The number of ether oxygens (including phenoxy) is 1. The molecular weight excluding hydrogens is 443 g/mol. The average Bonchev–Trinajstić information content (AvgIpc) is 3.10. The smallest absolute Gasteiger partial charge is 0.224 e. The van der Waals surface area contributed by atoms with E-state index in [1.165, 1.54) is 13.2 Å². The number of rotatable bonds is 6. The first-order valence-electron chi connectivity index (χ1n) is 12.2. The fourth-order valence-corrected chi connectivity index (χ4v) is 5.73. The lowest BCUT2D eigenvalue weighted by atomic mass is 9.72. The molecule has 2 atom stereocenters. The third-order valence-electron chi connectivity index (χ3n) is 7.64. The first kappa shape index (κ1) is 23.5. The monoisotopic (exact) mass is 474 g/mol. The summed E-state index contributed by atoms with van der Waals surface area (Å²) in [6, 6.07) is 22.2. The Hall–Kier alpha value is -3.22. The molecule has 5 nitrogen and oxygen atoms in total. The van der Waals surface area contributed by atoms with Crippen LogP contribution in [0.1, 0.15) is 41.1 Å². The highest BCUT2D eigenvalue weighted by Gasteiger charge is 2.52. The molecule has 1 saturated heterocycles. The van der Waals surface area contributed by atoms with E-state index in [0.29, 0.717) is 17.9 Å². The molecule has 1 fully saturated rings. The number of methoxy groups -OCH3 is 1. The maximum absolute atomic E-state index is 14.5. The molecule has 0 aromatic heterocycles. The second-order valence-corrected chi connectivity index (χ2v) is 9.63. The number of halogens is 1. The number of benzene rings is 3. The maximum Gasteiger partial charge on any atom is 0.224 e. The number of hydrogen-bond acceptors (Lipinski definition) is 4. The summed E-state index contributed by atoms with van der Waals surface area (Å²) in [7, 11) is 1.53. The fraction of sp³-hybridized carbons (Fsp3) is 0.345. The molecule has 3 aromatic rings. The van der Waals surface area contributed by atoms with Gasteiger partial charge in [0.05, 0.1) is 25.7 Å². The molecule has 0 unspecified atom stereocenters. The SMILES string of the molecule is COc1ccc(CN2CCC3(CC2)c2ccccc2[C@@H](NC(=O)Cc2ccccc2)[C@@H]3O)c(F)c1. The summed E-state index contributed by atoms with van der Waals surface area (Å²) in [5.74, 6) is 0.145. The number of nitrogens with zero attached hydrogens (tertiary/aromatic N) is 1. The topological polar surface area (TPSA) is 61.8 Å². The standard InChI is InChI=1S/C29H31FN2O3/c1-35-22-12-11-21(25(30)18-22)19-32-15-13-29(14-16-32)24-10-6-5-9-23(24)27(28(29)34)31-26(33)17-20-7-3-2-4-8-20/h2-12,18,27-28,34H,13-17,19H2,1H3,(H,31,33)/t27-,28+/m1/s1. The van der Waals surface area contributed by atoms with Crippen LogP contribution >= 0.6 is 0 Å². The molecule has 182 valence electrons. The summed E-state index contributed by atoms with van der Waals surface area (Å²) in [5.41, 5.74) is 3.28. The van der Waals surface area contributed by atoms with Gasteiger partial charge in [0.15, 0.2) is 0 Å². The molecular formula is C29H31FN2O3. The highest BCUT2D eigenvalue weighted by molar-refractivity contribution is 5.79. The molecule has 1 aliphatic carbocycles. The number of hydrogen-bond donors (Lipinski definition) is 2. The van der Waals surface area contributed by atoms with Gasteiger partial charge < -0.3 is 15.2 Å². The Labute approximate surface area is 205 Å². The normalized spacial score (nSPS) is 21.0. The van der Waals surface area contributed by atoms with Gasteiger partial charge in [-0.1, -0.05) is 60.7 Å². The summed E-state index contributed by atoms with van der Waals surface area (Å²) in [5, 5.41) is 14.7. The van der Waals surface area contributed by atoms with Crippen LogP contribution in [-0.2, 0) is 23.2 Å². The van der Waals surface area contributed by atoms with Crippen LogP contribution in [0, 0.1) is 5.82 Å². The Morgan fingerprint density at radius 1 is 1.09 bits per heavy atom. The number of amides is 1. The molecule has 1 amide bonds. The lowest BCUT2D eigenvalue weighted by Crippen LogP contribution is -2.49. The number of likely N-dealkylation sites (tertiary alicyclic amines) is 1. The van der Waals surface area contributed by atoms with E-state index in [9.17, 15) is 14.3 Å². The number of aliphatic hydroxyl groups excluding tert-OH is 1. The minimum absolute atomic E-state index is 0.0977. The van der Waals surface area contributed by atoms with Crippen molar-refractivity contribution in [3.63, 3.8) is 0 Å². The molecule has 0 saturated carbocycles. The van der Waals surface area contributed by atoms with Gasteiger partial charge in [0, 0.05) is 23.6 Å². The van der Waals surface area contributed by atoms with Gasteiger partial charge in [-0.3, -0.25) is 9.69 Å². The van der Waals surface area contributed by atoms with Gasteiger partial charge in [-0.15, -0.1) is 0 Å². The van der Waals surface area contributed by atoms with Crippen molar-refractivity contribution < 1.29 is 19.0 Å². The second-order valence-electron chi connectivity index (χ2n) is 9.63. The van der Waals surface area contributed by atoms with E-state index in [2.05, 4.69) is 16.3 Å². The third kappa shape index (κ3) is 4.56. The highest BCUT2D eigenvalue weighted by Crippen LogP contribution is 2.51. The van der Waals surface area contributed by atoms with Crippen molar-refractivity contribution in [2.75, 3.05) is 20.2 Å². The first-order chi connectivity index (χ1) is 17.0. The molecule has 5 rings (SSSR count). The van der Waals surface area contributed by atoms with Crippen molar-refractivity contribution in [3.05, 3.63) is 101 Å². The van der Waals surface area contributed by atoms with Crippen LogP contribution in [0.5, 0.6) is 5.75 Å². The van der Waals surface area contributed by atoms with Crippen molar-refractivity contribution in [1.29, 1.82) is 0 Å². The van der Waals surface area contributed by atoms with Crippen LogP contribution in [0.4, 0.5) is 4.39 Å². The minimum atomic E-state index is -0.709. The molecule has 3 aromatic carbocycles. The van der Waals surface area contributed by atoms with E-state index in [4.69, 9.17) is 4.74 Å². The van der Waals surface area contributed by atoms with Crippen LogP contribution in [0.3, 0.4) is 0 Å². The summed E-state index contributed by atoms with van der Waals surface area (Å²) < 4.78 is 19.6. The molecule has 1 aliphatic heterocycles. The molecule has 0 bridgehead atoms. The average molecular weight is 475 g/mol. The number of carbonyl (C=O) groups is 1. The van der Waals surface area contributed by atoms with Crippen molar-refractivity contribution in [3.8, 4) is 5.75 Å². The van der Waals surface area contributed by atoms with Gasteiger partial charge in [-0.05, 0) is 48.7 Å². The van der Waals surface area contributed by atoms with E-state index in [1.54, 1.807) is 12.1 Å². The number of aliphatic hydroxyl groups is 1. The van der Waals surface area contributed by atoms with Crippen LogP contribution in [0.25, 0.3) is 0 Å². The number of nitrogens with one attached hydrogen (secondary N) is 1. The molecule has 35 heavy (non-hydrogen) atoms. The van der Waals surface area contributed by atoms with Crippen LogP contribution < -0.4 is 10.1 Å². The van der Waals surface area contributed by atoms with Gasteiger partial charge in [0.25, 0.3) is 0 Å². The zero-order valence-corrected chi connectivity index (χ0v) is 19.9. The van der Waals surface area contributed by atoms with Gasteiger partial charge in [-0.2, -0.15) is 0 Å². The van der Waals surface area contributed by atoms with Crippen LogP contribution in [-0.4, -0.2) is 42.2 Å². The van der Waals surface area contributed by atoms with Crippen molar-refractivity contribution >= 4 is 5.91 Å². The minimum Gasteiger partial charge on any atom is -0.497 e. The third-order valence-corrected chi connectivity index (χ3v) is 7.64. The molecule has 2 aliphatic rings. The predicted molar refractivity (Wildman–Crippen MR) is 133 cm³/mol. The highest BCUT2D eigenvalue weighted by atomic mass is 19.1. The predicted octanol–water partition coefficient (Wildman–Crippen LogP) is 4.14. The molecule has 6 heteroatoms. The zero-order chi connectivity index (χ0) is 24.4. The summed E-state index contributed by atoms with van der Waals surface area (Å²) in [6.07, 6.45) is 1.06. The number of carbonyl (C=O) groups excluding carboxylic acids is 1.